The third-order valence-corrected chi connectivity index (χ3v) is 3.64. The van der Waals surface area contributed by atoms with Crippen molar-refractivity contribution in [3.05, 3.63) is 57.9 Å². The maximum atomic E-state index is 12.0. The van der Waals surface area contributed by atoms with E-state index in [-0.39, 0.29) is 5.56 Å². The molecule has 0 bridgehead atoms. The number of hydrogen-bond acceptors (Lipinski definition) is 3. The molecule has 0 saturated carbocycles. The molecule has 1 N–H and O–H groups in total. The zero-order valence-corrected chi connectivity index (χ0v) is 12.2. The fraction of sp³-hybridized carbons (Fsp3) is 0.176. The molecule has 1 heterocycles. The molecule has 1 aromatic heterocycles. The predicted octanol–water partition coefficient (Wildman–Crippen LogP) is 3.22. The number of fused-ring (bicyclic) bond motifs is 1. The number of nitrogens with zero attached hydrogens (tertiary/aromatic N) is 1. The van der Waals surface area contributed by atoms with E-state index in [2.05, 4.69) is 10.2 Å². The third-order valence-electron chi connectivity index (χ3n) is 3.64. The van der Waals surface area contributed by atoms with Crippen molar-refractivity contribution in [1.82, 2.24) is 10.2 Å². The molecule has 0 unspecified atom stereocenters. The Morgan fingerprint density at radius 2 is 1.95 bits per heavy atom. The van der Waals surface area contributed by atoms with Crippen LogP contribution in [0.15, 0.2) is 41.2 Å². The number of ether oxygens (including phenoxy) is 1. The van der Waals surface area contributed by atoms with Gasteiger partial charge in [-0.3, -0.25) is 4.79 Å². The SMILES string of the molecule is COc1cc(C)ccc1-c1n[nH]c(=O)c2c(C)cccc12. The van der Waals surface area contributed by atoms with E-state index in [1.54, 1.807) is 7.11 Å². The van der Waals surface area contributed by atoms with Crippen LogP contribution in [0.25, 0.3) is 22.0 Å². The van der Waals surface area contributed by atoms with Crippen molar-refractivity contribution in [3.8, 4) is 17.0 Å². The first kappa shape index (κ1) is 13.4. The van der Waals surface area contributed by atoms with Crippen molar-refractivity contribution in [2.45, 2.75) is 13.8 Å². The summed E-state index contributed by atoms with van der Waals surface area (Å²) in [5, 5.41) is 8.33. The van der Waals surface area contributed by atoms with Crippen molar-refractivity contribution >= 4 is 10.8 Å². The van der Waals surface area contributed by atoms with Gasteiger partial charge in [0.15, 0.2) is 0 Å². The molecule has 0 aliphatic heterocycles. The number of rotatable bonds is 2. The molecule has 0 atom stereocenters. The summed E-state index contributed by atoms with van der Waals surface area (Å²) >= 11 is 0. The Kier molecular flexibility index (Phi) is 3.22. The highest BCUT2D eigenvalue weighted by molar-refractivity contribution is 5.96. The van der Waals surface area contributed by atoms with Crippen molar-refractivity contribution in [2.75, 3.05) is 7.11 Å². The second-order valence-corrected chi connectivity index (χ2v) is 5.10. The lowest BCUT2D eigenvalue weighted by atomic mass is 10.0. The van der Waals surface area contributed by atoms with Gasteiger partial charge < -0.3 is 4.74 Å². The van der Waals surface area contributed by atoms with Gasteiger partial charge in [0.05, 0.1) is 12.5 Å². The second-order valence-electron chi connectivity index (χ2n) is 5.10. The Labute approximate surface area is 122 Å². The molecule has 4 nitrogen and oxygen atoms in total. The fourth-order valence-electron chi connectivity index (χ4n) is 2.59. The summed E-state index contributed by atoms with van der Waals surface area (Å²) in [6, 6.07) is 11.7. The van der Waals surface area contributed by atoms with Crippen LogP contribution in [-0.4, -0.2) is 17.3 Å². The quantitative estimate of drug-likeness (QED) is 0.784. The van der Waals surface area contributed by atoms with Crippen LogP contribution in [0.1, 0.15) is 11.1 Å². The van der Waals surface area contributed by atoms with Crippen molar-refractivity contribution < 1.29 is 4.74 Å². The van der Waals surface area contributed by atoms with E-state index in [9.17, 15) is 4.79 Å². The van der Waals surface area contributed by atoms with Crippen molar-refractivity contribution in [3.63, 3.8) is 0 Å². The van der Waals surface area contributed by atoms with E-state index in [1.165, 1.54) is 0 Å². The van der Waals surface area contributed by atoms with Gasteiger partial charge in [0, 0.05) is 10.9 Å². The topological polar surface area (TPSA) is 55.0 Å². The molecular weight excluding hydrogens is 264 g/mol. The Morgan fingerprint density at radius 3 is 2.71 bits per heavy atom. The first-order valence-corrected chi connectivity index (χ1v) is 6.75. The first-order valence-electron chi connectivity index (χ1n) is 6.75. The van der Waals surface area contributed by atoms with Crippen LogP contribution in [0.5, 0.6) is 5.75 Å². The summed E-state index contributed by atoms with van der Waals surface area (Å²) in [5.41, 5.74) is 3.47. The van der Waals surface area contributed by atoms with Gasteiger partial charge in [-0.1, -0.05) is 24.3 Å². The van der Waals surface area contributed by atoms with Gasteiger partial charge in [-0.15, -0.1) is 0 Å². The molecule has 2 aromatic carbocycles. The molecule has 0 aliphatic carbocycles. The minimum Gasteiger partial charge on any atom is -0.496 e. The Bertz CT molecular complexity index is 882. The third kappa shape index (κ3) is 2.18. The zero-order valence-electron chi connectivity index (χ0n) is 12.2. The highest BCUT2D eigenvalue weighted by Gasteiger charge is 2.14. The Morgan fingerprint density at radius 1 is 1.14 bits per heavy atom. The lowest BCUT2D eigenvalue weighted by Gasteiger charge is -2.11. The maximum Gasteiger partial charge on any atom is 0.272 e. The molecule has 0 saturated heterocycles. The molecule has 0 spiro atoms. The van der Waals surface area contributed by atoms with Crippen LogP contribution in [-0.2, 0) is 0 Å². The molecule has 0 radical (unpaired) electrons. The molecule has 0 amide bonds. The van der Waals surface area contributed by atoms with E-state index in [1.807, 2.05) is 50.2 Å². The number of hydrogen-bond donors (Lipinski definition) is 1. The van der Waals surface area contributed by atoms with Gasteiger partial charge in [-0.05, 0) is 37.1 Å². The lowest BCUT2D eigenvalue weighted by Crippen LogP contribution is -2.11. The van der Waals surface area contributed by atoms with E-state index in [4.69, 9.17) is 4.74 Å². The van der Waals surface area contributed by atoms with Crippen LogP contribution in [0.2, 0.25) is 0 Å². The number of methoxy groups -OCH3 is 1. The molecule has 4 heteroatoms. The number of benzene rings is 2. The first-order chi connectivity index (χ1) is 10.1. The van der Waals surface area contributed by atoms with E-state index >= 15 is 0 Å². The number of H-pyrrole nitrogens is 1. The summed E-state index contributed by atoms with van der Waals surface area (Å²) < 4.78 is 5.46. The Hall–Kier alpha value is -2.62. The van der Waals surface area contributed by atoms with Gasteiger partial charge >= 0.3 is 0 Å². The van der Waals surface area contributed by atoms with Crippen LogP contribution >= 0.6 is 0 Å². The number of nitrogens with one attached hydrogen (secondary N) is 1. The molecule has 3 aromatic rings. The number of aromatic nitrogens is 2. The van der Waals surface area contributed by atoms with Crippen molar-refractivity contribution in [1.29, 1.82) is 0 Å². The molecule has 0 fully saturated rings. The van der Waals surface area contributed by atoms with Crippen LogP contribution in [0, 0.1) is 13.8 Å². The summed E-state index contributed by atoms with van der Waals surface area (Å²) in [4.78, 5) is 12.0. The Balaban J connectivity index is 2.39. The fourth-order valence-corrected chi connectivity index (χ4v) is 2.59. The van der Waals surface area contributed by atoms with Crippen LogP contribution in [0.4, 0.5) is 0 Å². The van der Waals surface area contributed by atoms with Gasteiger partial charge in [-0.25, -0.2) is 5.10 Å². The second kappa shape index (κ2) is 5.05. The van der Waals surface area contributed by atoms with E-state index < -0.39 is 0 Å². The average Bonchev–Trinajstić information content (AvgIpc) is 2.48. The van der Waals surface area contributed by atoms with Gasteiger partial charge in [0.25, 0.3) is 5.56 Å². The summed E-state index contributed by atoms with van der Waals surface area (Å²) in [6.45, 7) is 3.93. The highest BCUT2D eigenvalue weighted by atomic mass is 16.5. The van der Waals surface area contributed by atoms with E-state index in [0.717, 1.165) is 33.5 Å². The summed E-state index contributed by atoms with van der Waals surface area (Å²) in [5.74, 6) is 0.748. The minimum atomic E-state index is -0.169. The standard InChI is InChI=1S/C17H16N2O2/c1-10-7-8-12(14(9-10)21-3)16-13-6-4-5-11(2)15(13)17(20)19-18-16/h4-9H,1-3H3,(H,19,20). The lowest BCUT2D eigenvalue weighted by molar-refractivity contribution is 0.416. The molecule has 106 valence electrons. The van der Waals surface area contributed by atoms with E-state index in [0.29, 0.717) is 5.39 Å². The molecule has 3 rings (SSSR count). The maximum absolute atomic E-state index is 12.0. The zero-order chi connectivity index (χ0) is 15.0. The van der Waals surface area contributed by atoms with Gasteiger partial charge in [0.2, 0.25) is 0 Å². The van der Waals surface area contributed by atoms with Gasteiger partial charge in [0.1, 0.15) is 11.4 Å². The highest BCUT2D eigenvalue weighted by Crippen LogP contribution is 2.33. The molecule has 21 heavy (non-hydrogen) atoms. The molecule has 0 aliphatic rings. The summed E-state index contributed by atoms with van der Waals surface area (Å²) in [7, 11) is 1.64. The van der Waals surface area contributed by atoms with Crippen LogP contribution in [0.3, 0.4) is 0 Å². The predicted molar refractivity (Wildman–Crippen MR) is 83.8 cm³/mol. The van der Waals surface area contributed by atoms with Crippen molar-refractivity contribution in [2.24, 2.45) is 0 Å². The smallest absolute Gasteiger partial charge is 0.272 e. The average molecular weight is 280 g/mol. The number of aromatic amines is 1. The van der Waals surface area contributed by atoms with Gasteiger partial charge in [-0.2, -0.15) is 5.10 Å². The largest absolute Gasteiger partial charge is 0.496 e. The van der Waals surface area contributed by atoms with Crippen LogP contribution < -0.4 is 10.3 Å². The monoisotopic (exact) mass is 280 g/mol. The number of aryl methyl sites for hydroxylation is 2. The summed E-state index contributed by atoms with van der Waals surface area (Å²) in [6.07, 6.45) is 0. The normalized spacial score (nSPS) is 10.8. The minimum absolute atomic E-state index is 0.169. The molecular formula is C17H16N2O2.